The highest BCUT2D eigenvalue weighted by atomic mass is 35.5. The Morgan fingerprint density at radius 2 is 1.27 bits per heavy atom. The summed E-state index contributed by atoms with van der Waals surface area (Å²) in [5, 5.41) is 21.9. The number of hydrogen-bond acceptors (Lipinski definition) is 14. The SMILES string of the molecule is CCO[C@@H]1C[C@H]2C(=O)NC3(CCC3)C(=O)N(C)[C@@H](C(CC)CC)C(=O)N(C)[C@H](C(=O)N3CCCCC3)CC(=O)N(C)[C@H]3CCC/C=C/CCCC(CC)C[C@@H](C(=O)N(C)CC(=O)N[C@@H](CCC4CCC(Cl)C(Cl)C4)C(O)N2C1)N1CC/C=C\C[C@@H](C1=O)N(C)C(=O)CN(C1CC1)C(=O)[C@H]([C@@H](C)CC)NC3=O. The number of likely N-dealkylation sites (tertiary alicyclic amines) is 1. The Balaban J connectivity index is 1.26. The summed E-state index contributed by atoms with van der Waals surface area (Å²) in [4.78, 5) is 183. The van der Waals surface area contributed by atoms with Gasteiger partial charge in [-0.15, -0.1) is 23.2 Å². The van der Waals surface area contributed by atoms with Crippen molar-refractivity contribution in [1.29, 1.82) is 0 Å². The summed E-state index contributed by atoms with van der Waals surface area (Å²) in [5.74, 6) is -6.80. The smallest absolute Gasteiger partial charge is 0.248 e. The molecule has 3 aliphatic carbocycles. The second-order valence-electron chi connectivity index (χ2n) is 32.0. The van der Waals surface area contributed by atoms with Gasteiger partial charge in [-0.05, 0) is 172 Å². The summed E-state index contributed by atoms with van der Waals surface area (Å²) in [6.07, 6.45) is 18.7. The maximum Gasteiger partial charge on any atom is 0.248 e. The monoisotopic (exact) mass is 1520 g/mol. The summed E-state index contributed by atoms with van der Waals surface area (Å²) in [6.45, 7) is 11.9. The van der Waals surface area contributed by atoms with E-state index in [4.69, 9.17) is 27.9 Å². The average molecular weight is 1520 g/mol. The number of hydrogen-bond donors (Lipinski definition) is 4. The number of nitrogens with one attached hydrogen (secondary N) is 3. The number of fused-ring (bicyclic) bond motifs is 14. The van der Waals surface area contributed by atoms with Gasteiger partial charge in [0.15, 0.2) is 0 Å². The van der Waals surface area contributed by atoms with Crippen LogP contribution in [0.4, 0.5) is 0 Å². The highest BCUT2D eigenvalue weighted by Gasteiger charge is 2.54. The minimum atomic E-state index is -1.51. The molecule has 596 valence electrons. The van der Waals surface area contributed by atoms with Crippen molar-refractivity contribution in [3.8, 4) is 0 Å². The number of rotatable bonds is 13. The van der Waals surface area contributed by atoms with Gasteiger partial charge in [0.25, 0.3) is 0 Å². The molecule has 5 fully saturated rings. The fourth-order valence-electron chi connectivity index (χ4n) is 17.3. The molecular weight excluding hydrogens is 1400 g/mol. The minimum absolute atomic E-state index is 0.0772. The van der Waals surface area contributed by atoms with E-state index < -0.39 is 163 Å². The fraction of sp³-hybridized carbons (Fsp3) is 0.810. The summed E-state index contributed by atoms with van der Waals surface area (Å²) >= 11 is 13.4. The molecule has 27 heteroatoms. The van der Waals surface area contributed by atoms with Gasteiger partial charge in [0, 0.05) is 79.4 Å². The van der Waals surface area contributed by atoms with Crippen molar-refractivity contribution in [2.24, 2.45) is 23.7 Å². The van der Waals surface area contributed by atoms with Crippen molar-refractivity contribution in [1.82, 2.24) is 60.0 Å². The molecule has 3 saturated carbocycles. The molecule has 0 aromatic rings. The highest BCUT2D eigenvalue weighted by Crippen LogP contribution is 2.39. The van der Waals surface area contributed by atoms with E-state index >= 15 is 52.7 Å². The zero-order valence-electron chi connectivity index (χ0n) is 65.5. The standard InChI is InChI=1S/C79H128Cl2N12O13/c1-12-51(6)68-76(103)92(55-35-36-55)50-67(96)87(9)61-32-25-21-28-43-91(75(61)102)64-45-52(13-2)30-23-19-17-18-20-24-31-60(70(97)83-68)86(8)66(95)47-63(74(101)90-41-26-22-27-42-90)88(10)77(104)69(54(14-3)15-4)89(11)78(105)79(39-29-40-79)84-71(98)62-46-56(106-16-5)48-93(62)72(99)59(82-65(94)49-85(7)73(64)100)38-34-53-33-37-57(80)58(81)44-53/h17-18,21,25,51-64,68-69,72,99H,12-16,19-20,22-24,26-50H2,1-11H3,(H,82,94)(H,83,97)(H,84,98)/b18-17+,25-21-/t51-,52?,53?,56+,57?,58?,59-,60-,61-,62-,63-,64-,68-,69-,72?/m0/s1. The van der Waals surface area contributed by atoms with Crippen LogP contribution in [-0.4, -0.2) is 278 Å². The zero-order chi connectivity index (χ0) is 77.3. The lowest BCUT2D eigenvalue weighted by molar-refractivity contribution is -0.158. The van der Waals surface area contributed by atoms with E-state index in [1.807, 2.05) is 59.8 Å². The van der Waals surface area contributed by atoms with Crippen LogP contribution in [0.5, 0.6) is 0 Å². The predicted molar refractivity (Wildman–Crippen MR) is 407 cm³/mol. The molecule has 1 spiro atoms. The number of carbonyl (C=O) groups excluding carboxylic acids is 11. The van der Waals surface area contributed by atoms with Crippen LogP contribution in [0, 0.1) is 23.7 Å². The molecule has 5 aliphatic heterocycles. The van der Waals surface area contributed by atoms with Crippen LogP contribution in [0.1, 0.15) is 221 Å². The fourth-order valence-corrected chi connectivity index (χ4v) is 17.9. The van der Waals surface area contributed by atoms with Crippen molar-refractivity contribution in [2.75, 3.05) is 81.1 Å². The number of aliphatic hydroxyl groups excluding tert-OH is 1. The van der Waals surface area contributed by atoms with Gasteiger partial charge in [-0.25, -0.2) is 0 Å². The predicted octanol–water partition coefficient (Wildman–Crippen LogP) is 7.12. The Labute approximate surface area is 641 Å². The Morgan fingerprint density at radius 3 is 1.90 bits per heavy atom. The first-order chi connectivity index (χ1) is 50.6. The van der Waals surface area contributed by atoms with Crippen LogP contribution in [0.25, 0.3) is 0 Å². The summed E-state index contributed by atoms with van der Waals surface area (Å²) in [6, 6.07) is -9.51. The summed E-state index contributed by atoms with van der Waals surface area (Å²) in [7, 11) is 7.62. The number of aliphatic hydroxyl groups is 1. The van der Waals surface area contributed by atoms with Crippen molar-refractivity contribution < 1.29 is 62.6 Å². The molecule has 4 bridgehead atoms. The van der Waals surface area contributed by atoms with Crippen molar-refractivity contribution in [3.63, 3.8) is 0 Å². The van der Waals surface area contributed by atoms with Gasteiger partial charge in [0.05, 0.1) is 36.5 Å². The molecule has 5 heterocycles. The van der Waals surface area contributed by atoms with Crippen LogP contribution >= 0.6 is 23.2 Å². The van der Waals surface area contributed by atoms with E-state index in [1.165, 1.54) is 57.6 Å². The normalized spacial score (nSPS) is 32.7. The third kappa shape index (κ3) is 21.4. The van der Waals surface area contributed by atoms with E-state index in [0.717, 1.165) is 19.3 Å². The third-order valence-corrected chi connectivity index (χ3v) is 26.0. The van der Waals surface area contributed by atoms with Gasteiger partial charge in [-0.3, -0.25) is 57.6 Å². The molecular formula is C79H128Cl2N12O13. The summed E-state index contributed by atoms with van der Waals surface area (Å²) < 4.78 is 6.21. The van der Waals surface area contributed by atoms with Gasteiger partial charge >= 0.3 is 0 Å². The molecule has 106 heavy (non-hydrogen) atoms. The Hall–Kier alpha value is -5.89. The quantitative estimate of drug-likeness (QED) is 0.106. The second kappa shape index (κ2) is 40.2. The number of allylic oxidation sites excluding steroid dienone is 2. The third-order valence-electron chi connectivity index (χ3n) is 24.9. The minimum Gasteiger partial charge on any atom is -0.377 e. The van der Waals surface area contributed by atoms with Crippen LogP contribution in [0.2, 0.25) is 0 Å². The molecule has 11 amide bonds. The number of nitrogens with zero attached hydrogens (tertiary/aromatic N) is 9. The molecule has 8 rings (SSSR count). The maximum absolute atomic E-state index is 15.9. The molecule has 4 N–H and O–H groups in total. The van der Waals surface area contributed by atoms with Gasteiger partial charge in [-0.1, -0.05) is 91.0 Å². The Morgan fingerprint density at radius 1 is 0.604 bits per heavy atom. The van der Waals surface area contributed by atoms with E-state index in [-0.39, 0.29) is 86.7 Å². The van der Waals surface area contributed by atoms with Gasteiger partial charge in [0.1, 0.15) is 54.6 Å². The molecule has 5 unspecified atom stereocenters. The molecule has 25 nitrogen and oxygen atoms in total. The first kappa shape index (κ1) is 85.7. The molecule has 0 aromatic heterocycles. The molecule has 15 atom stereocenters. The van der Waals surface area contributed by atoms with E-state index in [1.54, 1.807) is 21.7 Å². The van der Waals surface area contributed by atoms with Crippen LogP contribution in [0.3, 0.4) is 0 Å². The topological polar surface area (TPSA) is 282 Å². The van der Waals surface area contributed by atoms with Gasteiger partial charge < -0.3 is 65.0 Å². The zero-order valence-corrected chi connectivity index (χ0v) is 67.0. The average Bonchev–Trinajstić information content (AvgIpc) is 1.06. The lowest BCUT2D eigenvalue weighted by Gasteiger charge is -2.47. The van der Waals surface area contributed by atoms with Gasteiger partial charge in [-0.2, -0.15) is 0 Å². The molecule has 2 saturated heterocycles. The Kier molecular flexibility index (Phi) is 32.5. The number of amides is 11. The van der Waals surface area contributed by atoms with Crippen LogP contribution < -0.4 is 16.0 Å². The van der Waals surface area contributed by atoms with Crippen LogP contribution in [-0.2, 0) is 57.5 Å². The van der Waals surface area contributed by atoms with Crippen molar-refractivity contribution in [2.45, 2.75) is 304 Å². The second-order valence-corrected chi connectivity index (χ2v) is 33.1. The lowest BCUT2D eigenvalue weighted by Crippen LogP contribution is -2.68. The molecule has 0 radical (unpaired) electrons. The highest BCUT2D eigenvalue weighted by molar-refractivity contribution is 6.30. The van der Waals surface area contributed by atoms with E-state index in [9.17, 15) is 5.11 Å². The van der Waals surface area contributed by atoms with Crippen molar-refractivity contribution in [3.05, 3.63) is 24.3 Å². The Bertz CT molecular complexity index is 3090. The van der Waals surface area contributed by atoms with E-state index in [2.05, 4.69) is 22.0 Å². The maximum atomic E-state index is 15.9. The number of halogens is 2. The number of carbonyl (C=O) groups is 11. The van der Waals surface area contributed by atoms with Gasteiger partial charge in [0.2, 0.25) is 65.0 Å². The lowest BCUT2D eigenvalue weighted by atomic mass is 9.74. The molecule has 0 aromatic carbocycles. The first-order valence-electron chi connectivity index (χ1n) is 40.4. The number of alkyl halides is 2. The van der Waals surface area contributed by atoms with E-state index in [0.29, 0.717) is 129 Å². The number of ether oxygens (including phenoxy) is 1. The van der Waals surface area contributed by atoms with Crippen molar-refractivity contribution >= 4 is 88.2 Å². The first-order valence-corrected chi connectivity index (χ1v) is 41.3. The number of piperidine rings is 1. The number of likely N-dealkylation sites (N-methyl/N-ethyl adjacent to an activating group) is 5. The largest absolute Gasteiger partial charge is 0.377 e. The summed E-state index contributed by atoms with van der Waals surface area (Å²) in [5.41, 5.74) is -1.49. The molecule has 8 aliphatic rings. The van der Waals surface area contributed by atoms with Crippen LogP contribution in [0.15, 0.2) is 24.3 Å².